The standard InChI is InChI=1S/C22H19FO5S/c1-13(28-14(2)24)17-10-16-4-7-18(23)12-20(16)21(11-17)22(25)15-5-8-19(9-6-15)29(3,26)27/h4-13H,1-3H3. The third kappa shape index (κ3) is 4.51. The molecule has 0 aliphatic carbocycles. The van der Waals surface area contributed by atoms with Crippen LogP contribution in [0, 0.1) is 5.82 Å². The summed E-state index contributed by atoms with van der Waals surface area (Å²) < 4.78 is 42.3. The van der Waals surface area contributed by atoms with E-state index >= 15 is 0 Å². The Morgan fingerprint density at radius 2 is 1.66 bits per heavy atom. The molecule has 5 nitrogen and oxygen atoms in total. The molecule has 7 heteroatoms. The molecule has 0 heterocycles. The average molecular weight is 414 g/mol. The predicted octanol–water partition coefficient (Wildman–Crippen LogP) is 4.24. The molecule has 29 heavy (non-hydrogen) atoms. The molecule has 0 spiro atoms. The molecule has 1 unspecified atom stereocenters. The molecule has 0 saturated heterocycles. The summed E-state index contributed by atoms with van der Waals surface area (Å²) in [6, 6.07) is 13.0. The highest BCUT2D eigenvalue weighted by Crippen LogP contribution is 2.29. The Labute approximate surface area is 168 Å². The largest absolute Gasteiger partial charge is 0.458 e. The van der Waals surface area contributed by atoms with E-state index in [0.29, 0.717) is 16.3 Å². The summed E-state index contributed by atoms with van der Waals surface area (Å²) in [5, 5.41) is 1.04. The first kappa shape index (κ1) is 20.7. The zero-order valence-electron chi connectivity index (χ0n) is 16.1. The fourth-order valence-corrected chi connectivity index (χ4v) is 3.73. The van der Waals surface area contributed by atoms with Gasteiger partial charge in [-0.15, -0.1) is 0 Å². The second-order valence-corrected chi connectivity index (χ2v) is 8.83. The van der Waals surface area contributed by atoms with Crippen molar-refractivity contribution in [1.29, 1.82) is 0 Å². The molecular weight excluding hydrogens is 395 g/mol. The van der Waals surface area contributed by atoms with E-state index in [1.54, 1.807) is 25.1 Å². The first-order chi connectivity index (χ1) is 13.6. The van der Waals surface area contributed by atoms with E-state index < -0.39 is 33.5 Å². The van der Waals surface area contributed by atoms with Crippen LogP contribution in [0.3, 0.4) is 0 Å². The van der Waals surface area contributed by atoms with E-state index in [9.17, 15) is 22.4 Å². The Kier molecular flexibility index (Phi) is 5.53. The minimum Gasteiger partial charge on any atom is -0.458 e. The highest BCUT2D eigenvalue weighted by atomic mass is 32.2. The van der Waals surface area contributed by atoms with Crippen LogP contribution in [0.25, 0.3) is 10.8 Å². The number of ketones is 1. The number of halogens is 1. The zero-order valence-corrected chi connectivity index (χ0v) is 16.9. The molecule has 0 fully saturated rings. The van der Waals surface area contributed by atoms with Gasteiger partial charge in [-0.25, -0.2) is 12.8 Å². The lowest BCUT2D eigenvalue weighted by molar-refractivity contribution is -0.145. The van der Waals surface area contributed by atoms with Gasteiger partial charge in [-0.2, -0.15) is 0 Å². The molecule has 150 valence electrons. The number of sulfone groups is 1. The number of ether oxygens (including phenoxy) is 1. The average Bonchev–Trinajstić information content (AvgIpc) is 2.65. The monoisotopic (exact) mass is 414 g/mol. The molecule has 0 aliphatic rings. The van der Waals surface area contributed by atoms with Gasteiger partial charge in [0.25, 0.3) is 0 Å². The van der Waals surface area contributed by atoms with Gasteiger partial charge in [0.1, 0.15) is 11.9 Å². The van der Waals surface area contributed by atoms with Gasteiger partial charge in [-0.3, -0.25) is 9.59 Å². The molecule has 0 aromatic heterocycles. The highest BCUT2D eigenvalue weighted by molar-refractivity contribution is 7.90. The van der Waals surface area contributed by atoms with Crippen molar-refractivity contribution in [1.82, 2.24) is 0 Å². The molecule has 0 bridgehead atoms. The van der Waals surface area contributed by atoms with Crippen molar-refractivity contribution in [2.45, 2.75) is 24.8 Å². The summed E-state index contributed by atoms with van der Waals surface area (Å²) in [4.78, 5) is 24.6. The van der Waals surface area contributed by atoms with Crippen LogP contribution in [-0.4, -0.2) is 26.4 Å². The Hall–Kier alpha value is -3.06. The fraction of sp³-hybridized carbons (Fsp3) is 0.182. The summed E-state index contributed by atoms with van der Waals surface area (Å²) in [7, 11) is -3.39. The molecule has 0 saturated carbocycles. The summed E-state index contributed by atoms with van der Waals surface area (Å²) in [6.45, 7) is 2.98. The van der Waals surface area contributed by atoms with E-state index in [1.165, 1.54) is 43.3 Å². The van der Waals surface area contributed by atoms with Crippen molar-refractivity contribution in [3.8, 4) is 0 Å². The van der Waals surface area contributed by atoms with Gasteiger partial charge in [0.05, 0.1) is 4.90 Å². The van der Waals surface area contributed by atoms with Crippen LogP contribution in [0.15, 0.2) is 59.5 Å². The maximum atomic E-state index is 13.9. The molecule has 3 aromatic rings. The van der Waals surface area contributed by atoms with Crippen molar-refractivity contribution >= 4 is 32.4 Å². The molecule has 0 N–H and O–H groups in total. The van der Waals surface area contributed by atoms with Crippen LogP contribution < -0.4 is 0 Å². The summed E-state index contributed by atoms with van der Waals surface area (Å²) in [6.07, 6.45) is 0.487. The normalized spacial score (nSPS) is 12.6. The van der Waals surface area contributed by atoms with Gasteiger partial charge in [0, 0.05) is 24.3 Å². The van der Waals surface area contributed by atoms with E-state index in [1.807, 2.05) is 0 Å². The predicted molar refractivity (Wildman–Crippen MR) is 107 cm³/mol. The third-order valence-corrected chi connectivity index (χ3v) is 5.67. The Bertz CT molecular complexity index is 1210. The van der Waals surface area contributed by atoms with E-state index in [4.69, 9.17) is 4.74 Å². The molecule has 0 radical (unpaired) electrons. The van der Waals surface area contributed by atoms with E-state index in [0.717, 1.165) is 6.26 Å². The van der Waals surface area contributed by atoms with Crippen molar-refractivity contribution in [3.05, 3.63) is 77.1 Å². The number of hydrogen-bond donors (Lipinski definition) is 0. The maximum absolute atomic E-state index is 13.9. The van der Waals surface area contributed by atoms with Crippen LogP contribution in [0.1, 0.15) is 41.4 Å². The van der Waals surface area contributed by atoms with Crippen molar-refractivity contribution in [2.24, 2.45) is 0 Å². The Balaban J connectivity index is 2.14. The van der Waals surface area contributed by atoms with Crippen LogP contribution in [-0.2, 0) is 19.4 Å². The lowest BCUT2D eigenvalue weighted by atomic mass is 9.93. The Morgan fingerprint density at radius 3 is 2.24 bits per heavy atom. The second kappa shape index (κ2) is 7.75. The first-order valence-electron chi connectivity index (χ1n) is 8.81. The van der Waals surface area contributed by atoms with Gasteiger partial charge in [0.15, 0.2) is 15.6 Å². The highest BCUT2D eigenvalue weighted by Gasteiger charge is 2.19. The summed E-state index contributed by atoms with van der Waals surface area (Å²) >= 11 is 0. The number of rotatable bonds is 5. The number of benzene rings is 3. The number of carbonyl (C=O) groups is 2. The molecule has 0 aliphatic heterocycles. The van der Waals surface area contributed by atoms with Gasteiger partial charge >= 0.3 is 5.97 Å². The number of hydrogen-bond acceptors (Lipinski definition) is 5. The topological polar surface area (TPSA) is 77.5 Å². The molecule has 0 amide bonds. The first-order valence-corrected chi connectivity index (χ1v) is 10.7. The Morgan fingerprint density at radius 1 is 1.00 bits per heavy atom. The van der Waals surface area contributed by atoms with Gasteiger partial charge < -0.3 is 4.74 Å². The van der Waals surface area contributed by atoms with E-state index in [-0.39, 0.29) is 16.0 Å². The minimum absolute atomic E-state index is 0.0992. The number of fused-ring (bicyclic) bond motifs is 1. The smallest absolute Gasteiger partial charge is 0.303 e. The van der Waals surface area contributed by atoms with Crippen LogP contribution in [0.2, 0.25) is 0 Å². The summed E-state index contributed by atoms with van der Waals surface area (Å²) in [5.41, 5.74) is 1.10. The SMILES string of the molecule is CC(=O)OC(C)c1cc(C(=O)c2ccc(S(C)(=O)=O)cc2)c2cc(F)ccc2c1. The number of esters is 1. The fourth-order valence-electron chi connectivity index (χ4n) is 3.10. The van der Waals surface area contributed by atoms with Crippen LogP contribution in [0.4, 0.5) is 4.39 Å². The van der Waals surface area contributed by atoms with Gasteiger partial charge in [-0.05, 0) is 71.8 Å². The van der Waals surface area contributed by atoms with Crippen LogP contribution in [0.5, 0.6) is 0 Å². The van der Waals surface area contributed by atoms with Crippen molar-refractivity contribution < 1.29 is 27.1 Å². The molecular formula is C22H19FO5S. The molecule has 3 rings (SSSR count). The quantitative estimate of drug-likeness (QED) is 0.461. The van der Waals surface area contributed by atoms with Gasteiger partial charge in [-0.1, -0.05) is 6.07 Å². The molecule has 1 atom stereocenters. The van der Waals surface area contributed by atoms with Gasteiger partial charge in [0.2, 0.25) is 0 Å². The molecule has 3 aromatic carbocycles. The van der Waals surface area contributed by atoms with Crippen molar-refractivity contribution in [2.75, 3.05) is 6.26 Å². The minimum atomic E-state index is -3.39. The third-order valence-electron chi connectivity index (χ3n) is 4.54. The second-order valence-electron chi connectivity index (χ2n) is 6.81. The lowest BCUT2D eigenvalue weighted by Gasteiger charge is -2.15. The van der Waals surface area contributed by atoms with Crippen LogP contribution >= 0.6 is 0 Å². The lowest BCUT2D eigenvalue weighted by Crippen LogP contribution is -2.08. The zero-order chi connectivity index (χ0) is 21.3. The van der Waals surface area contributed by atoms with Crippen molar-refractivity contribution in [3.63, 3.8) is 0 Å². The number of carbonyl (C=O) groups excluding carboxylic acids is 2. The summed E-state index contributed by atoms with van der Waals surface area (Å²) in [5.74, 6) is -1.33. The maximum Gasteiger partial charge on any atom is 0.303 e. The van der Waals surface area contributed by atoms with E-state index in [2.05, 4.69) is 0 Å².